The summed E-state index contributed by atoms with van der Waals surface area (Å²) in [5.74, 6) is 0.594. The number of nitrogens with zero attached hydrogens (tertiary/aromatic N) is 2. The van der Waals surface area contributed by atoms with Crippen molar-refractivity contribution in [2.75, 3.05) is 11.6 Å². The number of rotatable bonds is 3. The molecule has 0 N–H and O–H groups in total. The third kappa shape index (κ3) is 2.92. The first-order valence-corrected chi connectivity index (χ1v) is 10.7. The lowest BCUT2D eigenvalue weighted by Crippen LogP contribution is -2.49. The third-order valence-electron chi connectivity index (χ3n) is 6.35. The molecule has 6 rings (SSSR count). The molecule has 0 radical (unpaired) electrons. The minimum atomic E-state index is -0.903. The van der Waals surface area contributed by atoms with E-state index in [-0.39, 0.29) is 12.4 Å². The topological polar surface area (TPSA) is 64.8 Å². The zero-order valence-electron chi connectivity index (χ0n) is 17.6. The van der Waals surface area contributed by atoms with Crippen molar-refractivity contribution in [1.82, 2.24) is 0 Å². The van der Waals surface area contributed by atoms with E-state index in [2.05, 4.69) is 36.4 Å². The van der Waals surface area contributed by atoms with E-state index in [0.29, 0.717) is 11.3 Å². The van der Waals surface area contributed by atoms with Crippen LogP contribution in [0.3, 0.4) is 0 Å². The minimum Gasteiger partial charge on any atom is -0.473 e. The van der Waals surface area contributed by atoms with Gasteiger partial charge < -0.3 is 14.4 Å². The second-order valence-corrected chi connectivity index (χ2v) is 8.12. The Kier molecular flexibility index (Phi) is 4.41. The van der Waals surface area contributed by atoms with Crippen LogP contribution in [0.2, 0.25) is 0 Å². The largest absolute Gasteiger partial charge is 0.473 e. The van der Waals surface area contributed by atoms with Crippen LogP contribution < -0.4 is 9.64 Å². The number of hydrogen-bond acceptors (Lipinski definition) is 5. The average molecular weight is 436 g/mol. The molecule has 4 aromatic carbocycles. The number of hydrogen-bond donors (Lipinski definition) is 0. The summed E-state index contributed by atoms with van der Waals surface area (Å²) >= 11 is 0. The monoisotopic (exact) mass is 436 g/mol. The molecule has 6 heteroatoms. The van der Waals surface area contributed by atoms with Gasteiger partial charge in [0, 0.05) is 23.4 Å². The third-order valence-corrected chi connectivity index (χ3v) is 6.35. The highest BCUT2D eigenvalue weighted by atomic mass is 16.6. The number of ether oxygens (including phenoxy) is 2. The maximum absolute atomic E-state index is 11.5. The molecule has 4 aromatic rings. The molecule has 0 bridgehead atoms. The molecule has 33 heavy (non-hydrogen) atoms. The van der Waals surface area contributed by atoms with Crippen molar-refractivity contribution in [2.24, 2.45) is 0 Å². The van der Waals surface area contributed by atoms with Gasteiger partial charge >= 0.3 is 0 Å². The fourth-order valence-corrected chi connectivity index (χ4v) is 4.88. The van der Waals surface area contributed by atoms with Crippen LogP contribution in [0.5, 0.6) is 5.75 Å². The van der Waals surface area contributed by atoms with Gasteiger partial charge in [-0.3, -0.25) is 10.1 Å². The van der Waals surface area contributed by atoms with Gasteiger partial charge in [-0.05, 0) is 23.3 Å². The van der Waals surface area contributed by atoms with Crippen LogP contribution in [-0.4, -0.2) is 11.7 Å². The van der Waals surface area contributed by atoms with Gasteiger partial charge in [-0.1, -0.05) is 78.9 Å². The molecule has 162 valence electrons. The van der Waals surface area contributed by atoms with E-state index >= 15 is 0 Å². The van der Waals surface area contributed by atoms with Crippen molar-refractivity contribution in [3.63, 3.8) is 0 Å². The lowest BCUT2D eigenvalue weighted by atomic mass is 9.77. The maximum atomic E-state index is 11.5. The van der Waals surface area contributed by atoms with Gasteiger partial charge in [0.15, 0.2) is 13.0 Å². The van der Waals surface area contributed by atoms with Gasteiger partial charge in [-0.25, -0.2) is 0 Å². The molecule has 0 aromatic heterocycles. The van der Waals surface area contributed by atoms with Crippen molar-refractivity contribution in [2.45, 2.75) is 11.8 Å². The number of nitro benzene ring substituents is 1. The zero-order valence-corrected chi connectivity index (χ0v) is 17.6. The van der Waals surface area contributed by atoms with Crippen molar-refractivity contribution >= 4 is 11.4 Å². The van der Waals surface area contributed by atoms with Crippen LogP contribution in [0.15, 0.2) is 103 Å². The molecule has 0 amide bonds. The van der Waals surface area contributed by atoms with Gasteiger partial charge in [0.1, 0.15) is 11.4 Å². The van der Waals surface area contributed by atoms with Crippen molar-refractivity contribution < 1.29 is 14.4 Å². The number of non-ortho nitro benzene ring substituents is 1. The molecular weight excluding hydrogens is 416 g/mol. The van der Waals surface area contributed by atoms with E-state index in [1.165, 1.54) is 6.07 Å². The van der Waals surface area contributed by atoms with Crippen LogP contribution in [-0.2, 0) is 10.3 Å². The molecule has 0 saturated heterocycles. The molecule has 0 saturated carbocycles. The Hall–Kier alpha value is -4.16. The fourth-order valence-electron chi connectivity index (χ4n) is 4.88. The summed E-state index contributed by atoms with van der Waals surface area (Å²) in [7, 11) is 0. The Morgan fingerprint density at radius 3 is 2.15 bits per heavy atom. The van der Waals surface area contributed by atoms with E-state index in [0.717, 1.165) is 22.4 Å². The Balaban J connectivity index is 1.65. The fraction of sp³-hybridized carbons (Fsp3) is 0.111. The van der Waals surface area contributed by atoms with Gasteiger partial charge in [-0.15, -0.1) is 0 Å². The van der Waals surface area contributed by atoms with E-state index in [1.54, 1.807) is 12.1 Å². The van der Waals surface area contributed by atoms with Crippen molar-refractivity contribution in [3.8, 4) is 5.75 Å². The quantitative estimate of drug-likeness (QED) is 0.301. The number of fused-ring (bicyclic) bond motifs is 5. The van der Waals surface area contributed by atoms with E-state index < -0.39 is 16.8 Å². The number of para-hydroxylation sites is 1. The SMILES string of the molecule is O=[N+]([O-])c1ccc2c(c1)[C@@H]1OC(c3ccccc3)(c3ccccc3)c3ccccc3N1CO2. The van der Waals surface area contributed by atoms with Gasteiger partial charge in [0.25, 0.3) is 5.69 Å². The number of anilines is 1. The zero-order chi connectivity index (χ0) is 22.4. The van der Waals surface area contributed by atoms with Crippen molar-refractivity contribution in [1.29, 1.82) is 0 Å². The highest BCUT2D eigenvalue weighted by molar-refractivity contribution is 5.66. The lowest BCUT2D eigenvalue weighted by Gasteiger charge is -2.50. The highest BCUT2D eigenvalue weighted by Crippen LogP contribution is 2.54. The molecule has 2 aliphatic rings. The van der Waals surface area contributed by atoms with E-state index in [9.17, 15) is 10.1 Å². The summed E-state index contributed by atoms with van der Waals surface area (Å²) in [6, 6.07) is 33.0. The summed E-state index contributed by atoms with van der Waals surface area (Å²) in [4.78, 5) is 13.2. The van der Waals surface area contributed by atoms with Gasteiger partial charge in [-0.2, -0.15) is 0 Å². The van der Waals surface area contributed by atoms with Gasteiger partial charge in [0.05, 0.1) is 10.5 Å². The molecule has 0 unspecified atom stereocenters. The Morgan fingerprint density at radius 2 is 1.48 bits per heavy atom. The van der Waals surface area contributed by atoms with Gasteiger partial charge in [0.2, 0.25) is 0 Å². The standard InChI is InChI=1S/C27H20N2O4/c30-29(31)21-15-16-25-22(17-21)26-28(18-32-25)24-14-8-7-13-23(24)27(33-26,19-9-3-1-4-10-19)20-11-5-2-6-12-20/h1-17,26H,18H2/t26-/m0/s1. The summed E-state index contributed by atoms with van der Waals surface area (Å²) in [6.45, 7) is 0.284. The summed E-state index contributed by atoms with van der Waals surface area (Å²) in [5.41, 5.74) is 3.69. The molecule has 0 spiro atoms. The molecule has 6 nitrogen and oxygen atoms in total. The number of benzene rings is 4. The smallest absolute Gasteiger partial charge is 0.270 e. The van der Waals surface area contributed by atoms with Crippen LogP contribution in [0.25, 0.3) is 0 Å². The second-order valence-electron chi connectivity index (χ2n) is 8.12. The molecule has 0 aliphatic carbocycles. The van der Waals surface area contributed by atoms with Crippen LogP contribution >= 0.6 is 0 Å². The normalized spacial score (nSPS) is 17.8. The first-order valence-electron chi connectivity index (χ1n) is 10.7. The van der Waals surface area contributed by atoms with Crippen LogP contribution in [0.1, 0.15) is 28.5 Å². The predicted octanol–water partition coefficient (Wildman–Crippen LogP) is 5.77. The molecule has 2 heterocycles. The molecule has 1 atom stereocenters. The summed E-state index contributed by atoms with van der Waals surface area (Å²) in [5, 5.41) is 11.5. The maximum Gasteiger partial charge on any atom is 0.270 e. The molecule has 0 fully saturated rings. The van der Waals surface area contributed by atoms with E-state index in [1.807, 2.05) is 53.4 Å². The Labute approximate surface area is 190 Å². The number of nitro groups is 1. The predicted molar refractivity (Wildman–Crippen MR) is 124 cm³/mol. The van der Waals surface area contributed by atoms with Crippen molar-refractivity contribution in [3.05, 3.63) is 135 Å². The van der Waals surface area contributed by atoms with Crippen LogP contribution in [0.4, 0.5) is 11.4 Å². The lowest BCUT2D eigenvalue weighted by molar-refractivity contribution is -0.385. The summed E-state index contributed by atoms with van der Waals surface area (Å²) in [6.07, 6.45) is -0.566. The van der Waals surface area contributed by atoms with E-state index in [4.69, 9.17) is 9.47 Å². The Bertz CT molecular complexity index is 1300. The summed E-state index contributed by atoms with van der Waals surface area (Å²) < 4.78 is 13.0. The highest BCUT2D eigenvalue weighted by Gasteiger charge is 2.49. The molecular formula is C27H20N2O4. The minimum absolute atomic E-state index is 0.00619. The first-order chi connectivity index (χ1) is 16.2. The first kappa shape index (κ1) is 19.5. The van der Waals surface area contributed by atoms with Crippen LogP contribution in [0, 0.1) is 10.1 Å². The second kappa shape index (κ2) is 7.46. The Morgan fingerprint density at radius 1 is 0.848 bits per heavy atom. The average Bonchev–Trinajstić information content (AvgIpc) is 2.88. The molecule has 2 aliphatic heterocycles.